The molecule has 0 bridgehead atoms. The highest BCUT2D eigenvalue weighted by Gasteiger charge is 2.12. The van der Waals surface area contributed by atoms with Crippen molar-refractivity contribution in [1.29, 1.82) is 0 Å². The minimum absolute atomic E-state index is 0.0115. The molecule has 1 atom stereocenters. The van der Waals surface area contributed by atoms with Gasteiger partial charge in [-0.3, -0.25) is 0 Å². The topological polar surface area (TPSA) is 54.7 Å². The van der Waals surface area contributed by atoms with E-state index in [2.05, 4.69) is 23.8 Å². The van der Waals surface area contributed by atoms with Crippen molar-refractivity contribution in [3.8, 4) is 0 Å². The molecule has 0 saturated heterocycles. The van der Waals surface area contributed by atoms with E-state index in [0.717, 1.165) is 23.3 Å². The number of hydrogen-bond acceptors (Lipinski definition) is 2. The molecule has 0 fully saturated rings. The molecule has 2 aromatic rings. The third-order valence-corrected chi connectivity index (χ3v) is 2.48. The first kappa shape index (κ1) is 10.2. The zero-order chi connectivity index (χ0) is 10.8. The lowest BCUT2D eigenvalue weighted by molar-refractivity contribution is 0.496. The lowest BCUT2D eigenvalue weighted by Gasteiger charge is -2.10. The summed E-state index contributed by atoms with van der Waals surface area (Å²) in [4.78, 5) is 7.75. The molecule has 3 nitrogen and oxygen atoms in total. The first-order valence-electron chi connectivity index (χ1n) is 5.37. The fraction of sp³-hybridized carbons (Fsp3) is 0.417. The summed E-state index contributed by atoms with van der Waals surface area (Å²) in [7, 11) is 0. The Morgan fingerprint density at radius 3 is 2.73 bits per heavy atom. The Hall–Kier alpha value is -1.35. The van der Waals surface area contributed by atoms with Gasteiger partial charge in [0.25, 0.3) is 0 Å². The smallest absolute Gasteiger partial charge is 0.124 e. The standard InChI is InChI=1S/C12H17N3/c1-8(2)7-9(13)12-14-10-5-3-4-6-11(10)15-12/h3-6,8-9H,7,13H2,1-2H3,(H,14,15)/t9-/m0/s1. The Balaban J connectivity index is 2.28. The highest BCUT2D eigenvalue weighted by Crippen LogP contribution is 2.19. The van der Waals surface area contributed by atoms with Crippen molar-refractivity contribution < 1.29 is 0 Å². The van der Waals surface area contributed by atoms with Crippen LogP contribution in [0.4, 0.5) is 0 Å². The van der Waals surface area contributed by atoms with E-state index in [1.165, 1.54) is 0 Å². The van der Waals surface area contributed by atoms with Crippen molar-refractivity contribution in [3.05, 3.63) is 30.1 Å². The highest BCUT2D eigenvalue weighted by molar-refractivity contribution is 5.74. The molecular formula is C12H17N3. The Kier molecular flexibility index (Phi) is 2.73. The summed E-state index contributed by atoms with van der Waals surface area (Å²) in [5.41, 5.74) is 8.12. The second-order valence-electron chi connectivity index (χ2n) is 4.38. The monoisotopic (exact) mass is 203 g/mol. The van der Waals surface area contributed by atoms with E-state index in [-0.39, 0.29) is 6.04 Å². The normalized spacial score (nSPS) is 13.6. The summed E-state index contributed by atoms with van der Waals surface area (Å²) in [5, 5.41) is 0. The van der Waals surface area contributed by atoms with Crippen molar-refractivity contribution in [1.82, 2.24) is 9.97 Å². The van der Waals surface area contributed by atoms with Crippen molar-refractivity contribution in [2.24, 2.45) is 11.7 Å². The molecule has 0 spiro atoms. The quantitative estimate of drug-likeness (QED) is 0.805. The highest BCUT2D eigenvalue weighted by atomic mass is 15.0. The number of nitrogens with zero attached hydrogens (tertiary/aromatic N) is 1. The average molecular weight is 203 g/mol. The summed E-state index contributed by atoms with van der Waals surface area (Å²) in [6.07, 6.45) is 0.958. The molecule has 2 rings (SSSR count). The Bertz CT molecular complexity index is 412. The first-order valence-corrected chi connectivity index (χ1v) is 5.37. The number of H-pyrrole nitrogens is 1. The second kappa shape index (κ2) is 4.03. The molecule has 3 heteroatoms. The van der Waals surface area contributed by atoms with Crippen LogP contribution >= 0.6 is 0 Å². The van der Waals surface area contributed by atoms with Gasteiger partial charge in [-0.1, -0.05) is 26.0 Å². The van der Waals surface area contributed by atoms with Crippen molar-refractivity contribution in [2.75, 3.05) is 0 Å². The van der Waals surface area contributed by atoms with Crippen LogP contribution in [0.5, 0.6) is 0 Å². The molecular weight excluding hydrogens is 186 g/mol. The molecule has 0 amide bonds. The lowest BCUT2D eigenvalue weighted by atomic mass is 10.0. The minimum atomic E-state index is 0.0115. The Morgan fingerprint density at radius 2 is 2.07 bits per heavy atom. The van der Waals surface area contributed by atoms with Crippen LogP contribution in [-0.4, -0.2) is 9.97 Å². The van der Waals surface area contributed by atoms with Gasteiger partial charge in [0.1, 0.15) is 5.82 Å². The molecule has 0 aliphatic heterocycles. The van der Waals surface area contributed by atoms with E-state index in [1.54, 1.807) is 0 Å². The molecule has 0 aliphatic carbocycles. The number of benzene rings is 1. The van der Waals surface area contributed by atoms with Gasteiger partial charge < -0.3 is 10.7 Å². The Labute approximate surface area is 89.7 Å². The zero-order valence-corrected chi connectivity index (χ0v) is 9.20. The largest absolute Gasteiger partial charge is 0.341 e. The molecule has 0 unspecified atom stereocenters. The maximum atomic E-state index is 6.07. The molecule has 0 aliphatic rings. The van der Waals surface area contributed by atoms with Gasteiger partial charge in [0, 0.05) is 0 Å². The van der Waals surface area contributed by atoms with E-state index in [0.29, 0.717) is 5.92 Å². The van der Waals surface area contributed by atoms with E-state index in [9.17, 15) is 0 Å². The SMILES string of the molecule is CC(C)C[C@H](N)c1nc2ccccc2[nH]1. The summed E-state index contributed by atoms with van der Waals surface area (Å²) >= 11 is 0. The van der Waals surface area contributed by atoms with Gasteiger partial charge in [0.05, 0.1) is 17.1 Å². The minimum Gasteiger partial charge on any atom is -0.341 e. The van der Waals surface area contributed by atoms with Crippen molar-refractivity contribution in [2.45, 2.75) is 26.3 Å². The number of nitrogens with two attached hydrogens (primary N) is 1. The third kappa shape index (κ3) is 2.18. The molecule has 1 aromatic carbocycles. The van der Waals surface area contributed by atoms with Gasteiger partial charge in [0.15, 0.2) is 0 Å². The predicted octanol–water partition coefficient (Wildman–Crippen LogP) is 2.61. The van der Waals surface area contributed by atoms with Crippen LogP contribution in [-0.2, 0) is 0 Å². The molecule has 15 heavy (non-hydrogen) atoms. The third-order valence-electron chi connectivity index (χ3n) is 2.48. The molecule has 3 N–H and O–H groups in total. The van der Waals surface area contributed by atoms with Crippen LogP contribution in [0.25, 0.3) is 11.0 Å². The van der Waals surface area contributed by atoms with Gasteiger partial charge in [-0.15, -0.1) is 0 Å². The van der Waals surface area contributed by atoms with Crippen LogP contribution < -0.4 is 5.73 Å². The van der Waals surface area contributed by atoms with Gasteiger partial charge in [-0.25, -0.2) is 4.98 Å². The lowest BCUT2D eigenvalue weighted by Crippen LogP contribution is -2.14. The van der Waals surface area contributed by atoms with Crippen molar-refractivity contribution >= 4 is 11.0 Å². The van der Waals surface area contributed by atoms with E-state index in [1.807, 2.05) is 24.3 Å². The van der Waals surface area contributed by atoms with E-state index >= 15 is 0 Å². The van der Waals surface area contributed by atoms with Crippen LogP contribution in [0, 0.1) is 5.92 Å². The molecule has 80 valence electrons. The number of nitrogens with one attached hydrogen (secondary N) is 1. The van der Waals surface area contributed by atoms with Crippen molar-refractivity contribution in [3.63, 3.8) is 0 Å². The fourth-order valence-corrected chi connectivity index (χ4v) is 1.77. The number of rotatable bonds is 3. The second-order valence-corrected chi connectivity index (χ2v) is 4.38. The number of aromatic nitrogens is 2. The Morgan fingerprint density at radius 1 is 1.33 bits per heavy atom. The summed E-state index contributed by atoms with van der Waals surface area (Å²) in [6.45, 7) is 4.34. The maximum Gasteiger partial charge on any atom is 0.124 e. The molecule has 1 aromatic heterocycles. The van der Waals surface area contributed by atoms with Crippen LogP contribution in [0.15, 0.2) is 24.3 Å². The number of hydrogen-bond donors (Lipinski definition) is 2. The number of imidazole rings is 1. The van der Waals surface area contributed by atoms with Crippen LogP contribution in [0.3, 0.4) is 0 Å². The molecule has 0 saturated carbocycles. The van der Waals surface area contributed by atoms with Gasteiger partial charge in [-0.2, -0.15) is 0 Å². The van der Waals surface area contributed by atoms with Crippen LogP contribution in [0.1, 0.15) is 32.1 Å². The maximum absolute atomic E-state index is 6.07. The number of aromatic amines is 1. The number of fused-ring (bicyclic) bond motifs is 1. The number of para-hydroxylation sites is 2. The average Bonchev–Trinajstić information content (AvgIpc) is 2.59. The van der Waals surface area contributed by atoms with Gasteiger partial charge in [0.2, 0.25) is 0 Å². The van der Waals surface area contributed by atoms with Gasteiger partial charge >= 0.3 is 0 Å². The van der Waals surface area contributed by atoms with E-state index in [4.69, 9.17) is 5.73 Å². The first-order chi connectivity index (χ1) is 7.16. The van der Waals surface area contributed by atoms with Crippen LogP contribution in [0.2, 0.25) is 0 Å². The fourth-order valence-electron chi connectivity index (χ4n) is 1.77. The molecule has 1 heterocycles. The van der Waals surface area contributed by atoms with E-state index < -0.39 is 0 Å². The summed E-state index contributed by atoms with van der Waals surface area (Å²) < 4.78 is 0. The predicted molar refractivity (Wildman–Crippen MR) is 62.5 cm³/mol. The summed E-state index contributed by atoms with van der Waals surface area (Å²) in [5.74, 6) is 1.48. The molecule has 0 radical (unpaired) electrons. The van der Waals surface area contributed by atoms with Gasteiger partial charge in [-0.05, 0) is 24.5 Å². The summed E-state index contributed by atoms with van der Waals surface area (Å²) in [6, 6.07) is 8.02. The zero-order valence-electron chi connectivity index (χ0n) is 9.20.